The summed E-state index contributed by atoms with van der Waals surface area (Å²) < 4.78 is 2.35. The van der Waals surface area contributed by atoms with Gasteiger partial charge in [0, 0.05) is 12.6 Å². The zero-order chi connectivity index (χ0) is 19.6. The Balaban J connectivity index is 1.89. The quantitative estimate of drug-likeness (QED) is 0.292. The van der Waals surface area contributed by atoms with Crippen LogP contribution in [0.5, 0.6) is 0 Å². The second-order valence-corrected chi connectivity index (χ2v) is 9.02. The van der Waals surface area contributed by atoms with Crippen LogP contribution in [0.3, 0.4) is 0 Å². The smallest absolute Gasteiger partial charge is 0.200 e. The first-order chi connectivity index (χ1) is 14.3. The number of nitrogens with zero attached hydrogens (tertiary/aromatic N) is 1. The molecule has 0 saturated heterocycles. The molecule has 1 aromatic heterocycles. The van der Waals surface area contributed by atoms with Crippen molar-refractivity contribution in [3.8, 4) is 11.3 Å². The van der Waals surface area contributed by atoms with E-state index in [1.54, 1.807) is 0 Å². The predicted octanol–water partition coefficient (Wildman–Crippen LogP) is 6.94. The fourth-order valence-electron chi connectivity index (χ4n) is 3.97. The summed E-state index contributed by atoms with van der Waals surface area (Å²) in [6.45, 7) is 0. The van der Waals surface area contributed by atoms with Crippen LogP contribution in [0, 0.1) is 0 Å². The summed E-state index contributed by atoms with van der Waals surface area (Å²) in [6, 6.07) is 41.3. The van der Waals surface area contributed by atoms with Crippen LogP contribution in [0.1, 0.15) is 0 Å². The minimum absolute atomic E-state index is 0.201. The highest BCUT2D eigenvalue weighted by atomic mass is 32.2. The molecule has 0 aliphatic carbocycles. The van der Waals surface area contributed by atoms with E-state index in [1.165, 1.54) is 36.8 Å². The molecule has 0 bridgehead atoms. The average Bonchev–Trinajstić information content (AvgIpc) is 3.09. The number of aromatic nitrogens is 1. The second-order valence-electron chi connectivity index (χ2n) is 7.05. The van der Waals surface area contributed by atoms with Crippen molar-refractivity contribution in [3.63, 3.8) is 0 Å². The Morgan fingerprint density at radius 3 is 1.62 bits per heavy atom. The third-order valence-electron chi connectivity index (χ3n) is 5.27. The number of rotatable bonds is 4. The first-order valence-corrected chi connectivity index (χ1v) is 11.0. The Morgan fingerprint density at radius 2 is 1.03 bits per heavy atom. The molecule has 2 heteroatoms. The van der Waals surface area contributed by atoms with Crippen LogP contribution in [-0.2, 0) is 17.9 Å². The molecule has 0 radical (unpaired) electrons. The fourth-order valence-corrected chi connectivity index (χ4v) is 6.41. The summed E-state index contributed by atoms with van der Waals surface area (Å²) >= 11 is 0. The number of aryl methyl sites for hydroxylation is 1. The van der Waals surface area contributed by atoms with Gasteiger partial charge in [0.2, 0.25) is 0 Å². The van der Waals surface area contributed by atoms with Gasteiger partial charge in [-0.25, -0.2) is 0 Å². The van der Waals surface area contributed by atoms with Gasteiger partial charge >= 0.3 is 0 Å². The van der Waals surface area contributed by atoms with E-state index in [-0.39, 0.29) is 10.9 Å². The lowest BCUT2D eigenvalue weighted by Gasteiger charge is -2.11. The molecule has 1 nitrogen and oxygen atoms in total. The number of hydrogen-bond acceptors (Lipinski definition) is 0. The van der Waals surface area contributed by atoms with Crippen molar-refractivity contribution in [2.75, 3.05) is 0 Å². The molecule has 0 amide bonds. The van der Waals surface area contributed by atoms with Gasteiger partial charge in [0.25, 0.3) is 0 Å². The zero-order valence-corrected chi connectivity index (χ0v) is 17.1. The van der Waals surface area contributed by atoms with Crippen molar-refractivity contribution in [2.24, 2.45) is 7.05 Å². The zero-order valence-electron chi connectivity index (χ0n) is 16.3. The summed E-state index contributed by atoms with van der Waals surface area (Å²) in [5.74, 6) is 0. The van der Waals surface area contributed by atoms with Crippen molar-refractivity contribution >= 4 is 21.8 Å². The monoisotopic (exact) mass is 392 g/mol. The van der Waals surface area contributed by atoms with E-state index >= 15 is 0 Å². The molecule has 4 aromatic carbocycles. The van der Waals surface area contributed by atoms with Gasteiger partial charge in [-0.05, 0) is 36.4 Å². The maximum Gasteiger partial charge on any atom is 0.200 e. The van der Waals surface area contributed by atoms with Gasteiger partial charge in [0.05, 0.1) is 10.9 Å². The molecule has 0 unspecified atom stereocenters. The molecule has 0 atom stereocenters. The highest BCUT2D eigenvalue weighted by Gasteiger charge is 2.36. The molecule has 0 aliphatic heterocycles. The Hall–Kier alpha value is -3.23. The molecule has 5 rings (SSSR count). The Morgan fingerprint density at radius 1 is 0.552 bits per heavy atom. The van der Waals surface area contributed by atoms with Crippen molar-refractivity contribution in [3.05, 3.63) is 115 Å². The molecule has 0 N–H and O–H groups in total. The molecule has 5 aromatic rings. The Labute approximate surface area is 174 Å². The van der Waals surface area contributed by atoms with Crippen LogP contribution >= 0.6 is 0 Å². The maximum atomic E-state index is 2.35. The summed E-state index contributed by atoms with van der Waals surface area (Å²) in [5, 5.41) is 1.32. The summed E-state index contributed by atoms with van der Waals surface area (Å²) in [5.41, 5.74) is 3.82. The van der Waals surface area contributed by atoms with E-state index in [2.05, 4.69) is 127 Å². The van der Waals surface area contributed by atoms with E-state index < -0.39 is 0 Å². The molecule has 140 valence electrons. The van der Waals surface area contributed by atoms with Gasteiger partial charge in [0.1, 0.15) is 16.6 Å². The fraction of sp³-hybridized carbons (Fsp3) is 0.0370. The van der Waals surface area contributed by atoms with Gasteiger partial charge in [-0.3, -0.25) is 0 Å². The largest absolute Gasteiger partial charge is 0.339 e. The van der Waals surface area contributed by atoms with Crippen molar-refractivity contribution in [1.29, 1.82) is 0 Å². The SMILES string of the molecule is Cn1c(-c2ccccc2)c([S+](c2ccccc2)c2ccccc2)c2ccccc21. The number of hydrogen-bond donors (Lipinski definition) is 0. The lowest BCUT2D eigenvalue weighted by molar-refractivity contribution is 0.967. The minimum atomic E-state index is -0.201. The lowest BCUT2D eigenvalue weighted by atomic mass is 10.1. The van der Waals surface area contributed by atoms with Crippen LogP contribution in [0.4, 0.5) is 0 Å². The van der Waals surface area contributed by atoms with Gasteiger partial charge in [-0.1, -0.05) is 78.9 Å². The van der Waals surface area contributed by atoms with E-state index in [4.69, 9.17) is 0 Å². The van der Waals surface area contributed by atoms with Crippen LogP contribution in [-0.4, -0.2) is 4.57 Å². The normalized spacial score (nSPS) is 11.2. The molecule has 0 fully saturated rings. The maximum absolute atomic E-state index is 2.35. The van der Waals surface area contributed by atoms with Crippen LogP contribution < -0.4 is 0 Å². The van der Waals surface area contributed by atoms with Gasteiger partial charge in [0.15, 0.2) is 14.7 Å². The van der Waals surface area contributed by atoms with Gasteiger partial charge in [-0.2, -0.15) is 0 Å². The molecule has 1 heterocycles. The standard InChI is InChI=1S/C27H22NS/c1-28-25-20-12-11-19-24(25)27(26(28)21-13-5-2-6-14-21)29(22-15-7-3-8-16-22)23-17-9-4-10-18-23/h2-20H,1H3/q+1. The minimum Gasteiger partial charge on any atom is -0.339 e. The molecule has 0 spiro atoms. The van der Waals surface area contributed by atoms with Crippen molar-refractivity contribution in [2.45, 2.75) is 14.7 Å². The number of benzene rings is 4. The van der Waals surface area contributed by atoms with E-state index in [0.717, 1.165) is 0 Å². The van der Waals surface area contributed by atoms with Crippen molar-refractivity contribution in [1.82, 2.24) is 4.57 Å². The third-order valence-corrected chi connectivity index (χ3v) is 7.58. The number of fused-ring (bicyclic) bond motifs is 1. The molecular formula is C27H22NS+. The second kappa shape index (κ2) is 7.65. The molecule has 0 saturated carbocycles. The summed E-state index contributed by atoms with van der Waals surface area (Å²) in [6.07, 6.45) is 0. The molecule has 0 aliphatic rings. The highest BCUT2D eigenvalue weighted by molar-refractivity contribution is 7.97. The van der Waals surface area contributed by atoms with Crippen LogP contribution in [0.2, 0.25) is 0 Å². The topological polar surface area (TPSA) is 4.93 Å². The van der Waals surface area contributed by atoms with Crippen LogP contribution in [0.25, 0.3) is 22.2 Å². The van der Waals surface area contributed by atoms with Gasteiger partial charge < -0.3 is 4.57 Å². The van der Waals surface area contributed by atoms with Crippen LogP contribution in [0.15, 0.2) is 130 Å². The predicted molar refractivity (Wildman–Crippen MR) is 123 cm³/mol. The Kier molecular flexibility index (Phi) is 4.71. The average molecular weight is 393 g/mol. The van der Waals surface area contributed by atoms with E-state index in [9.17, 15) is 0 Å². The van der Waals surface area contributed by atoms with Crippen molar-refractivity contribution < 1.29 is 0 Å². The lowest BCUT2D eigenvalue weighted by Crippen LogP contribution is -2.06. The summed E-state index contributed by atoms with van der Waals surface area (Å²) in [4.78, 5) is 4.08. The Bertz CT molecular complexity index is 1200. The molecule has 29 heavy (non-hydrogen) atoms. The molecular weight excluding hydrogens is 370 g/mol. The number of para-hydroxylation sites is 1. The van der Waals surface area contributed by atoms with E-state index in [0.29, 0.717) is 0 Å². The first-order valence-electron chi connectivity index (χ1n) is 9.82. The third kappa shape index (κ3) is 3.16. The highest BCUT2D eigenvalue weighted by Crippen LogP contribution is 2.43. The summed E-state index contributed by atoms with van der Waals surface area (Å²) in [7, 11) is 1.98. The van der Waals surface area contributed by atoms with Gasteiger partial charge in [-0.15, -0.1) is 0 Å². The first kappa shape index (κ1) is 17.8. The van der Waals surface area contributed by atoms with E-state index in [1.807, 2.05) is 0 Å².